The van der Waals surface area contributed by atoms with Gasteiger partial charge in [0.15, 0.2) is 10.7 Å². The van der Waals surface area contributed by atoms with E-state index in [1.165, 1.54) is 17.3 Å². The SMILES string of the molecule is Cc1ccc(CNC(=O)CSc2nc3cn(C)nc3c(=O)n2Cc2ccccc2)cc1. The minimum atomic E-state index is -0.211. The first-order chi connectivity index (χ1) is 15.0. The molecule has 31 heavy (non-hydrogen) atoms. The Morgan fingerprint density at radius 2 is 1.81 bits per heavy atom. The number of hydrogen-bond donors (Lipinski definition) is 1. The van der Waals surface area contributed by atoms with E-state index < -0.39 is 0 Å². The molecular formula is C23H23N5O2S. The van der Waals surface area contributed by atoms with Crippen molar-refractivity contribution in [2.45, 2.75) is 25.2 Å². The number of thioether (sulfide) groups is 1. The predicted octanol–water partition coefficient (Wildman–Crippen LogP) is 2.90. The Kier molecular flexibility index (Phi) is 6.18. The topological polar surface area (TPSA) is 81.8 Å². The Balaban J connectivity index is 1.52. The molecule has 0 unspecified atom stereocenters. The Bertz CT molecular complexity index is 1260. The second kappa shape index (κ2) is 9.18. The van der Waals surface area contributed by atoms with Crippen LogP contribution in [0.2, 0.25) is 0 Å². The van der Waals surface area contributed by atoms with Gasteiger partial charge in [-0.25, -0.2) is 4.98 Å². The van der Waals surface area contributed by atoms with Crippen molar-refractivity contribution in [3.8, 4) is 0 Å². The Morgan fingerprint density at radius 3 is 2.55 bits per heavy atom. The summed E-state index contributed by atoms with van der Waals surface area (Å²) in [6.07, 6.45) is 1.71. The molecule has 0 fully saturated rings. The van der Waals surface area contributed by atoms with Gasteiger partial charge in [0, 0.05) is 13.6 Å². The van der Waals surface area contributed by atoms with Crippen LogP contribution in [0.4, 0.5) is 0 Å². The van der Waals surface area contributed by atoms with Crippen LogP contribution in [0.1, 0.15) is 16.7 Å². The molecular weight excluding hydrogens is 410 g/mol. The van der Waals surface area contributed by atoms with Crippen LogP contribution in [-0.4, -0.2) is 31.0 Å². The summed E-state index contributed by atoms with van der Waals surface area (Å²) in [6.45, 7) is 2.86. The highest BCUT2D eigenvalue weighted by atomic mass is 32.2. The van der Waals surface area contributed by atoms with E-state index >= 15 is 0 Å². The average Bonchev–Trinajstić information content (AvgIpc) is 3.15. The van der Waals surface area contributed by atoms with Gasteiger partial charge in [0.2, 0.25) is 5.91 Å². The molecule has 4 aromatic rings. The smallest absolute Gasteiger partial charge is 0.282 e. The number of carbonyl (C=O) groups excluding carboxylic acids is 1. The van der Waals surface area contributed by atoms with Crippen molar-refractivity contribution in [3.63, 3.8) is 0 Å². The lowest BCUT2D eigenvalue weighted by Gasteiger charge is -2.12. The Labute approximate surface area is 184 Å². The fraction of sp³-hybridized carbons (Fsp3) is 0.217. The molecule has 2 aromatic carbocycles. The van der Waals surface area contributed by atoms with E-state index in [1.807, 2.05) is 61.5 Å². The molecule has 8 heteroatoms. The molecule has 0 spiro atoms. The van der Waals surface area contributed by atoms with Crippen molar-refractivity contribution >= 4 is 28.7 Å². The van der Waals surface area contributed by atoms with E-state index in [9.17, 15) is 9.59 Å². The van der Waals surface area contributed by atoms with Crippen molar-refractivity contribution in [3.05, 3.63) is 87.8 Å². The van der Waals surface area contributed by atoms with Crippen LogP contribution < -0.4 is 10.9 Å². The zero-order chi connectivity index (χ0) is 21.8. The van der Waals surface area contributed by atoms with Crippen LogP contribution in [0, 0.1) is 6.92 Å². The molecule has 0 bridgehead atoms. The molecule has 0 atom stereocenters. The first-order valence-corrected chi connectivity index (χ1v) is 10.9. The number of aryl methyl sites for hydroxylation is 2. The molecule has 1 N–H and O–H groups in total. The lowest BCUT2D eigenvalue weighted by molar-refractivity contribution is -0.118. The summed E-state index contributed by atoms with van der Waals surface area (Å²) in [5.41, 5.74) is 3.84. The van der Waals surface area contributed by atoms with Crippen molar-refractivity contribution in [2.75, 3.05) is 5.75 Å². The average molecular weight is 434 g/mol. The third kappa shape index (κ3) is 5.03. The summed E-state index contributed by atoms with van der Waals surface area (Å²) in [7, 11) is 1.76. The fourth-order valence-electron chi connectivity index (χ4n) is 3.19. The minimum Gasteiger partial charge on any atom is -0.351 e. The molecule has 158 valence electrons. The second-order valence-corrected chi connectivity index (χ2v) is 8.30. The van der Waals surface area contributed by atoms with E-state index in [-0.39, 0.29) is 17.2 Å². The van der Waals surface area contributed by atoms with Crippen molar-refractivity contribution in [1.82, 2.24) is 24.6 Å². The maximum absolute atomic E-state index is 13.1. The van der Waals surface area contributed by atoms with Gasteiger partial charge in [-0.2, -0.15) is 5.10 Å². The van der Waals surface area contributed by atoms with Crippen molar-refractivity contribution < 1.29 is 4.79 Å². The lowest BCUT2D eigenvalue weighted by atomic mass is 10.1. The summed E-state index contributed by atoms with van der Waals surface area (Å²) in [5.74, 6) is 0.0520. The third-order valence-electron chi connectivity index (χ3n) is 4.83. The van der Waals surface area contributed by atoms with Crippen LogP contribution in [0.3, 0.4) is 0 Å². The number of benzene rings is 2. The zero-order valence-electron chi connectivity index (χ0n) is 17.4. The van der Waals surface area contributed by atoms with Crippen LogP contribution in [0.25, 0.3) is 11.0 Å². The van der Waals surface area contributed by atoms with Crippen molar-refractivity contribution in [2.24, 2.45) is 7.05 Å². The normalized spacial score (nSPS) is 11.0. The summed E-state index contributed by atoms with van der Waals surface area (Å²) < 4.78 is 3.16. The number of nitrogens with zero attached hydrogens (tertiary/aromatic N) is 4. The van der Waals surface area contributed by atoms with Gasteiger partial charge < -0.3 is 5.32 Å². The van der Waals surface area contributed by atoms with Gasteiger partial charge in [-0.05, 0) is 18.1 Å². The highest BCUT2D eigenvalue weighted by Gasteiger charge is 2.16. The van der Waals surface area contributed by atoms with Gasteiger partial charge in [0.25, 0.3) is 5.56 Å². The summed E-state index contributed by atoms with van der Waals surface area (Å²) in [6, 6.07) is 17.7. The Morgan fingerprint density at radius 1 is 1.06 bits per heavy atom. The number of carbonyl (C=O) groups is 1. The summed E-state index contributed by atoms with van der Waals surface area (Å²) in [5, 5.41) is 7.67. The molecule has 0 radical (unpaired) electrons. The van der Waals surface area contributed by atoms with Gasteiger partial charge in [-0.1, -0.05) is 71.9 Å². The molecule has 7 nitrogen and oxygen atoms in total. The quantitative estimate of drug-likeness (QED) is 0.358. The molecule has 0 aliphatic carbocycles. The number of nitrogens with one attached hydrogen (secondary N) is 1. The predicted molar refractivity (Wildman–Crippen MR) is 122 cm³/mol. The first kappa shape index (κ1) is 20.9. The maximum Gasteiger partial charge on any atom is 0.282 e. The molecule has 0 saturated carbocycles. The summed E-state index contributed by atoms with van der Waals surface area (Å²) >= 11 is 1.25. The number of rotatable bonds is 7. The number of fused-ring (bicyclic) bond motifs is 1. The molecule has 0 saturated heterocycles. The highest BCUT2D eigenvalue weighted by Crippen LogP contribution is 2.18. The molecule has 1 amide bonds. The molecule has 2 aromatic heterocycles. The number of hydrogen-bond acceptors (Lipinski definition) is 5. The van der Waals surface area contributed by atoms with Crippen LogP contribution in [0.5, 0.6) is 0 Å². The summed E-state index contributed by atoms with van der Waals surface area (Å²) in [4.78, 5) is 30.1. The third-order valence-corrected chi connectivity index (χ3v) is 5.81. The highest BCUT2D eigenvalue weighted by molar-refractivity contribution is 7.99. The fourth-order valence-corrected chi connectivity index (χ4v) is 4.02. The van der Waals surface area contributed by atoms with Gasteiger partial charge in [-0.3, -0.25) is 18.8 Å². The Hall–Kier alpha value is -3.39. The van der Waals surface area contributed by atoms with E-state index in [2.05, 4.69) is 15.4 Å². The monoisotopic (exact) mass is 433 g/mol. The first-order valence-electron chi connectivity index (χ1n) is 9.93. The van der Waals surface area contributed by atoms with Gasteiger partial charge in [0.1, 0.15) is 5.52 Å². The van der Waals surface area contributed by atoms with E-state index in [0.717, 1.165) is 11.1 Å². The van der Waals surface area contributed by atoms with E-state index in [0.29, 0.717) is 29.3 Å². The minimum absolute atomic E-state index is 0.114. The number of amides is 1. The second-order valence-electron chi connectivity index (χ2n) is 7.36. The van der Waals surface area contributed by atoms with Gasteiger partial charge >= 0.3 is 0 Å². The van der Waals surface area contributed by atoms with E-state index in [4.69, 9.17) is 0 Å². The van der Waals surface area contributed by atoms with Gasteiger partial charge in [-0.15, -0.1) is 0 Å². The molecule has 2 heterocycles. The molecule has 0 aliphatic rings. The molecule has 0 aliphatic heterocycles. The van der Waals surface area contributed by atoms with Crippen LogP contribution >= 0.6 is 11.8 Å². The van der Waals surface area contributed by atoms with Gasteiger partial charge in [0.05, 0.1) is 18.5 Å². The largest absolute Gasteiger partial charge is 0.351 e. The molecule has 4 rings (SSSR count). The van der Waals surface area contributed by atoms with E-state index in [1.54, 1.807) is 22.5 Å². The zero-order valence-corrected chi connectivity index (χ0v) is 18.2. The maximum atomic E-state index is 13.1. The standard InChI is InChI=1S/C23H23N5O2S/c1-16-8-10-17(11-9-16)12-24-20(29)15-31-23-25-19-14-27(2)26-21(19)22(30)28(23)13-18-6-4-3-5-7-18/h3-11,14H,12-13,15H2,1-2H3,(H,24,29). The lowest BCUT2D eigenvalue weighted by Crippen LogP contribution is -2.27. The van der Waals surface area contributed by atoms with Crippen molar-refractivity contribution in [1.29, 1.82) is 0 Å². The van der Waals surface area contributed by atoms with Crippen LogP contribution in [0.15, 0.2) is 70.7 Å². The number of aromatic nitrogens is 4. The van der Waals surface area contributed by atoms with Crippen LogP contribution in [-0.2, 0) is 24.9 Å².